The highest BCUT2D eigenvalue weighted by molar-refractivity contribution is 5.93. The Morgan fingerprint density at radius 1 is 1.41 bits per heavy atom. The van der Waals surface area contributed by atoms with Crippen molar-refractivity contribution in [2.45, 2.75) is 33.2 Å². The van der Waals surface area contributed by atoms with Crippen LogP contribution >= 0.6 is 0 Å². The molecule has 1 aromatic rings. The molecule has 1 aromatic heterocycles. The summed E-state index contributed by atoms with van der Waals surface area (Å²) in [5.41, 5.74) is 0.948. The summed E-state index contributed by atoms with van der Waals surface area (Å²) in [6.07, 6.45) is 0. The van der Waals surface area contributed by atoms with Crippen molar-refractivity contribution < 1.29 is 9.53 Å². The fourth-order valence-corrected chi connectivity index (χ4v) is 1.78. The SMILES string of the molecule is COCCn1c(C(C)C)ccc(C(C)=O)c1=O. The molecular weight excluding hydrogens is 218 g/mol. The van der Waals surface area contributed by atoms with Crippen molar-refractivity contribution in [1.82, 2.24) is 4.57 Å². The lowest BCUT2D eigenvalue weighted by atomic mass is 10.1. The topological polar surface area (TPSA) is 48.3 Å². The highest BCUT2D eigenvalue weighted by atomic mass is 16.5. The molecule has 4 heteroatoms. The van der Waals surface area contributed by atoms with Crippen LogP contribution in [-0.2, 0) is 11.3 Å². The maximum atomic E-state index is 12.1. The van der Waals surface area contributed by atoms with Crippen LogP contribution < -0.4 is 5.56 Å². The number of carbonyl (C=O) groups is 1. The zero-order chi connectivity index (χ0) is 13.0. The minimum absolute atomic E-state index is 0.198. The first kappa shape index (κ1) is 13.6. The quantitative estimate of drug-likeness (QED) is 0.734. The number of nitrogens with zero attached hydrogens (tertiary/aromatic N) is 1. The average Bonchev–Trinajstić information content (AvgIpc) is 2.26. The van der Waals surface area contributed by atoms with E-state index in [-0.39, 0.29) is 22.8 Å². The van der Waals surface area contributed by atoms with Gasteiger partial charge in [-0.2, -0.15) is 0 Å². The van der Waals surface area contributed by atoms with Gasteiger partial charge in [-0.1, -0.05) is 13.8 Å². The molecule has 0 spiro atoms. The van der Waals surface area contributed by atoms with E-state index >= 15 is 0 Å². The number of ketones is 1. The van der Waals surface area contributed by atoms with E-state index in [1.54, 1.807) is 17.7 Å². The van der Waals surface area contributed by atoms with E-state index in [1.807, 2.05) is 19.9 Å². The Balaban J connectivity index is 3.31. The lowest BCUT2D eigenvalue weighted by Gasteiger charge is -2.16. The molecule has 0 aliphatic rings. The normalized spacial score (nSPS) is 10.9. The molecule has 0 atom stereocenters. The van der Waals surface area contributed by atoms with E-state index in [1.165, 1.54) is 6.92 Å². The van der Waals surface area contributed by atoms with Crippen LogP contribution in [0, 0.1) is 0 Å². The third-order valence-corrected chi connectivity index (χ3v) is 2.70. The Morgan fingerprint density at radius 2 is 2.06 bits per heavy atom. The molecule has 0 aliphatic heterocycles. The smallest absolute Gasteiger partial charge is 0.261 e. The molecular formula is C13H19NO3. The van der Waals surface area contributed by atoms with Crippen LogP contribution in [0.3, 0.4) is 0 Å². The highest BCUT2D eigenvalue weighted by Crippen LogP contribution is 2.13. The Hall–Kier alpha value is -1.42. The molecule has 0 saturated heterocycles. The number of carbonyl (C=O) groups excluding carboxylic acids is 1. The predicted molar refractivity (Wildman–Crippen MR) is 66.7 cm³/mol. The van der Waals surface area contributed by atoms with Crippen molar-refractivity contribution in [2.24, 2.45) is 0 Å². The molecule has 0 N–H and O–H groups in total. The van der Waals surface area contributed by atoms with E-state index in [4.69, 9.17) is 4.74 Å². The van der Waals surface area contributed by atoms with Gasteiger partial charge in [-0.25, -0.2) is 0 Å². The number of rotatable bonds is 5. The van der Waals surface area contributed by atoms with Gasteiger partial charge in [-0.3, -0.25) is 9.59 Å². The zero-order valence-corrected chi connectivity index (χ0v) is 10.8. The second-order valence-corrected chi connectivity index (χ2v) is 4.33. The third kappa shape index (κ3) is 3.03. The van der Waals surface area contributed by atoms with Gasteiger partial charge >= 0.3 is 0 Å². The van der Waals surface area contributed by atoms with Crippen molar-refractivity contribution in [3.05, 3.63) is 33.7 Å². The van der Waals surface area contributed by atoms with Gasteiger partial charge < -0.3 is 9.30 Å². The predicted octanol–water partition coefficient (Wildman–Crippen LogP) is 1.82. The summed E-state index contributed by atoms with van der Waals surface area (Å²) in [5, 5.41) is 0. The number of methoxy groups -OCH3 is 1. The molecule has 0 saturated carbocycles. The Kier molecular flexibility index (Phi) is 4.63. The van der Waals surface area contributed by atoms with Gasteiger partial charge in [-0.05, 0) is 25.0 Å². The van der Waals surface area contributed by atoms with Crippen LogP contribution in [0.25, 0.3) is 0 Å². The van der Waals surface area contributed by atoms with E-state index in [0.717, 1.165) is 5.69 Å². The van der Waals surface area contributed by atoms with E-state index in [9.17, 15) is 9.59 Å². The summed E-state index contributed by atoms with van der Waals surface area (Å²) in [5.74, 6) is 0.0389. The highest BCUT2D eigenvalue weighted by Gasteiger charge is 2.13. The number of hydrogen-bond acceptors (Lipinski definition) is 3. The summed E-state index contributed by atoms with van der Waals surface area (Å²) in [6.45, 7) is 6.38. The van der Waals surface area contributed by atoms with Crippen molar-refractivity contribution in [3.63, 3.8) is 0 Å². The van der Waals surface area contributed by atoms with E-state index in [2.05, 4.69) is 0 Å². The Bertz CT molecular complexity index is 460. The van der Waals surface area contributed by atoms with Crippen molar-refractivity contribution in [1.29, 1.82) is 0 Å². The molecule has 0 aliphatic carbocycles. The number of hydrogen-bond donors (Lipinski definition) is 0. The van der Waals surface area contributed by atoms with E-state index < -0.39 is 0 Å². The van der Waals surface area contributed by atoms with Crippen LogP contribution in [-0.4, -0.2) is 24.1 Å². The molecule has 0 amide bonds. The first-order chi connectivity index (χ1) is 7.99. The fraction of sp³-hybridized carbons (Fsp3) is 0.538. The van der Waals surface area contributed by atoms with Gasteiger partial charge in [-0.15, -0.1) is 0 Å². The lowest BCUT2D eigenvalue weighted by Crippen LogP contribution is -2.30. The molecule has 4 nitrogen and oxygen atoms in total. The van der Waals surface area contributed by atoms with Gasteiger partial charge in [0.05, 0.1) is 12.2 Å². The first-order valence-electron chi connectivity index (χ1n) is 5.72. The maximum absolute atomic E-state index is 12.1. The monoisotopic (exact) mass is 237 g/mol. The molecule has 17 heavy (non-hydrogen) atoms. The van der Waals surface area contributed by atoms with Crippen molar-refractivity contribution in [2.75, 3.05) is 13.7 Å². The largest absolute Gasteiger partial charge is 0.383 e. The number of aromatic nitrogens is 1. The second-order valence-electron chi connectivity index (χ2n) is 4.33. The van der Waals surface area contributed by atoms with Crippen LogP contribution in [0.5, 0.6) is 0 Å². The number of pyridine rings is 1. The minimum atomic E-state index is -0.222. The number of ether oxygens (including phenoxy) is 1. The van der Waals surface area contributed by atoms with Gasteiger partial charge in [0.25, 0.3) is 5.56 Å². The summed E-state index contributed by atoms with van der Waals surface area (Å²) in [6, 6.07) is 3.46. The summed E-state index contributed by atoms with van der Waals surface area (Å²) >= 11 is 0. The average molecular weight is 237 g/mol. The molecule has 0 radical (unpaired) electrons. The van der Waals surface area contributed by atoms with Crippen LogP contribution in [0.15, 0.2) is 16.9 Å². The molecule has 1 heterocycles. The second kappa shape index (κ2) is 5.77. The summed E-state index contributed by atoms with van der Waals surface area (Å²) in [4.78, 5) is 23.5. The van der Waals surface area contributed by atoms with Gasteiger partial charge in [0.2, 0.25) is 0 Å². The molecule has 0 fully saturated rings. The Morgan fingerprint density at radius 3 is 2.53 bits per heavy atom. The van der Waals surface area contributed by atoms with Crippen molar-refractivity contribution in [3.8, 4) is 0 Å². The molecule has 0 bridgehead atoms. The Labute approximate surface area is 101 Å². The molecule has 0 aromatic carbocycles. The van der Waals surface area contributed by atoms with Crippen LogP contribution in [0.1, 0.15) is 42.7 Å². The van der Waals surface area contributed by atoms with Gasteiger partial charge in [0.1, 0.15) is 0 Å². The summed E-state index contributed by atoms with van der Waals surface area (Å²) in [7, 11) is 1.59. The fourth-order valence-electron chi connectivity index (χ4n) is 1.78. The number of Topliss-reactive ketones (excluding diaryl/α,β-unsaturated/α-hetero) is 1. The standard InChI is InChI=1S/C13H19NO3/c1-9(2)12-6-5-11(10(3)15)13(16)14(12)7-8-17-4/h5-6,9H,7-8H2,1-4H3. The molecule has 0 unspecified atom stereocenters. The summed E-state index contributed by atoms with van der Waals surface area (Å²) < 4.78 is 6.62. The van der Waals surface area contributed by atoms with E-state index in [0.29, 0.717) is 13.2 Å². The maximum Gasteiger partial charge on any atom is 0.261 e. The van der Waals surface area contributed by atoms with Crippen LogP contribution in [0.4, 0.5) is 0 Å². The molecule has 94 valence electrons. The van der Waals surface area contributed by atoms with Crippen LogP contribution in [0.2, 0.25) is 0 Å². The lowest BCUT2D eigenvalue weighted by molar-refractivity contribution is 0.101. The third-order valence-electron chi connectivity index (χ3n) is 2.70. The molecule has 1 rings (SSSR count). The first-order valence-corrected chi connectivity index (χ1v) is 5.72. The van der Waals surface area contributed by atoms with Gasteiger partial charge in [0.15, 0.2) is 5.78 Å². The minimum Gasteiger partial charge on any atom is -0.383 e. The van der Waals surface area contributed by atoms with Gasteiger partial charge in [0, 0.05) is 19.3 Å². The zero-order valence-electron chi connectivity index (χ0n) is 10.8. The van der Waals surface area contributed by atoms with Crippen molar-refractivity contribution >= 4 is 5.78 Å².